The lowest BCUT2D eigenvalue weighted by Gasteiger charge is -2.16. The molecule has 0 bridgehead atoms. The van der Waals surface area contributed by atoms with E-state index < -0.39 is 20.9 Å². The molecule has 0 spiro atoms. The number of anilines is 1. The quantitative estimate of drug-likeness (QED) is 0.399. The molecular formula is C10H18N5O6P3. The number of hydrogen-bond donors (Lipinski definition) is 5. The molecule has 5 N–H and O–H groups in total. The van der Waals surface area contributed by atoms with E-state index in [4.69, 9.17) is 14.5 Å². The van der Waals surface area contributed by atoms with E-state index in [0.29, 0.717) is 17.7 Å². The van der Waals surface area contributed by atoms with Crippen molar-refractivity contribution >= 4 is 40.1 Å². The molecule has 2 rings (SSSR count). The van der Waals surface area contributed by atoms with E-state index in [1.165, 1.54) is 12.7 Å². The van der Waals surface area contributed by atoms with Gasteiger partial charge in [0.1, 0.15) is 24.5 Å². The number of ether oxygens (including phenoxy) is 1. The van der Waals surface area contributed by atoms with Gasteiger partial charge in [-0.05, 0) is 6.92 Å². The van der Waals surface area contributed by atoms with Gasteiger partial charge in [0.25, 0.3) is 0 Å². The summed E-state index contributed by atoms with van der Waals surface area (Å²) in [6, 6.07) is 0. The predicted octanol–water partition coefficient (Wildman–Crippen LogP) is 0.626. The molecule has 1 atom stereocenters. The molecule has 2 heterocycles. The van der Waals surface area contributed by atoms with Crippen molar-refractivity contribution in [2.24, 2.45) is 0 Å². The summed E-state index contributed by atoms with van der Waals surface area (Å²) in [5.74, 6) is 0.214. The van der Waals surface area contributed by atoms with Crippen LogP contribution in [0.5, 0.6) is 0 Å². The largest absolute Gasteiger partial charge is 0.367 e. The average Bonchev–Trinajstić information content (AvgIpc) is 2.85. The summed E-state index contributed by atoms with van der Waals surface area (Å²) in [6.45, 7) is 2.10. The van der Waals surface area contributed by atoms with E-state index >= 15 is 0 Å². The number of fused-ring (bicyclic) bond motifs is 1. The minimum absolute atomic E-state index is 0.214. The minimum Gasteiger partial charge on any atom is -0.367 e. The first-order chi connectivity index (χ1) is 11.1. The summed E-state index contributed by atoms with van der Waals surface area (Å²) in [4.78, 5) is 48.6. The smallest absolute Gasteiger partial charge is 0.344 e. The molecule has 0 aliphatic carbocycles. The zero-order chi connectivity index (χ0) is 18.0. The van der Waals surface area contributed by atoms with Crippen molar-refractivity contribution in [1.29, 1.82) is 0 Å². The topological polar surface area (TPSA) is 163 Å². The van der Waals surface area contributed by atoms with Crippen molar-refractivity contribution in [2.45, 2.75) is 19.6 Å². The Balaban J connectivity index is 2.13. The molecule has 0 aliphatic rings. The van der Waals surface area contributed by atoms with Crippen molar-refractivity contribution in [3.8, 4) is 0 Å². The van der Waals surface area contributed by atoms with Crippen LogP contribution >= 0.6 is 23.1 Å². The molecule has 2 aromatic rings. The van der Waals surface area contributed by atoms with E-state index in [2.05, 4.69) is 28.8 Å². The minimum atomic E-state index is -4.22. The second-order valence-electron chi connectivity index (χ2n) is 5.13. The van der Waals surface area contributed by atoms with Gasteiger partial charge in [-0.15, -0.1) is 0 Å². The summed E-state index contributed by atoms with van der Waals surface area (Å²) in [6.07, 6.45) is 1.62. The van der Waals surface area contributed by atoms with Gasteiger partial charge >= 0.3 is 7.60 Å². The molecule has 0 radical (unpaired) electrons. The fraction of sp³-hybridized carbons (Fsp3) is 0.500. The first kappa shape index (κ1) is 19.4. The second-order valence-corrected chi connectivity index (χ2v) is 10.6. The third-order valence-electron chi connectivity index (χ3n) is 2.85. The Hall–Kier alpha value is -0.890. The maximum Gasteiger partial charge on any atom is 0.344 e. The van der Waals surface area contributed by atoms with Gasteiger partial charge in [0.2, 0.25) is 0 Å². The van der Waals surface area contributed by atoms with Gasteiger partial charge in [-0.1, -0.05) is 8.53 Å². The second kappa shape index (κ2) is 7.56. The molecule has 0 fully saturated rings. The SMILES string of the molecule is C[C@H](Cn1cnc2c(NCP(=O)(O)O)ncnc21)OCP(O)(O)=P. The first-order valence-electron chi connectivity index (χ1n) is 6.70. The van der Waals surface area contributed by atoms with Gasteiger partial charge in [-0.2, -0.15) is 0 Å². The summed E-state index contributed by atoms with van der Waals surface area (Å²) in [5.41, 5.74) is 0.825. The molecule has 134 valence electrons. The van der Waals surface area contributed by atoms with Crippen molar-refractivity contribution in [1.82, 2.24) is 19.5 Å². The normalized spacial score (nSPS) is 14.0. The molecule has 11 nitrogen and oxygen atoms in total. The third kappa shape index (κ3) is 5.88. The fourth-order valence-corrected chi connectivity index (χ4v) is 2.92. The van der Waals surface area contributed by atoms with E-state index in [9.17, 15) is 14.4 Å². The number of imidazole rings is 1. The van der Waals surface area contributed by atoms with Gasteiger partial charge in [0.05, 0.1) is 19.0 Å². The summed E-state index contributed by atoms with van der Waals surface area (Å²) >= 11 is 0. The Morgan fingerprint density at radius 1 is 1.33 bits per heavy atom. The lowest BCUT2D eigenvalue weighted by Crippen LogP contribution is -2.17. The van der Waals surface area contributed by atoms with Crippen molar-refractivity contribution < 1.29 is 28.9 Å². The zero-order valence-corrected chi connectivity index (χ0v) is 15.4. The highest BCUT2D eigenvalue weighted by Crippen LogP contribution is 2.41. The van der Waals surface area contributed by atoms with Crippen molar-refractivity contribution in [3.63, 3.8) is 0 Å². The molecular weight excluding hydrogens is 379 g/mol. The monoisotopic (exact) mass is 397 g/mol. The maximum absolute atomic E-state index is 10.9. The summed E-state index contributed by atoms with van der Waals surface area (Å²) in [7, 11) is -4.61. The average molecular weight is 397 g/mol. The number of rotatable bonds is 8. The zero-order valence-electron chi connectivity index (χ0n) is 12.6. The number of nitrogens with zero attached hydrogens (tertiary/aromatic N) is 4. The summed E-state index contributed by atoms with van der Waals surface area (Å²) < 4.78 is 18.0. The summed E-state index contributed by atoms with van der Waals surface area (Å²) in [5, 5.41) is 2.55. The van der Waals surface area contributed by atoms with Crippen LogP contribution < -0.4 is 5.32 Å². The van der Waals surface area contributed by atoms with Gasteiger partial charge in [-0.3, -0.25) is 4.57 Å². The van der Waals surface area contributed by atoms with E-state index in [1.54, 1.807) is 11.5 Å². The molecule has 0 amide bonds. The Morgan fingerprint density at radius 3 is 2.67 bits per heavy atom. The highest BCUT2D eigenvalue weighted by molar-refractivity contribution is 7.91. The van der Waals surface area contributed by atoms with Crippen molar-refractivity contribution in [2.75, 3.05) is 18.0 Å². The van der Waals surface area contributed by atoms with E-state index in [1.807, 2.05) is 0 Å². The van der Waals surface area contributed by atoms with Gasteiger partial charge in [0.15, 0.2) is 18.5 Å². The molecule has 0 saturated heterocycles. The lowest BCUT2D eigenvalue weighted by molar-refractivity contribution is 0.0817. The van der Waals surface area contributed by atoms with E-state index in [0.717, 1.165) is 0 Å². The Kier molecular flexibility index (Phi) is 6.12. The fourth-order valence-electron chi connectivity index (χ4n) is 1.88. The van der Waals surface area contributed by atoms with Gasteiger partial charge < -0.3 is 34.2 Å². The molecule has 24 heavy (non-hydrogen) atoms. The van der Waals surface area contributed by atoms with Crippen LogP contribution in [0.15, 0.2) is 12.7 Å². The predicted molar refractivity (Wildman–Crippen MR) is 90.9 cm³/mol. The number of aromatic nitrogens is 4. The van der Waals surface area contributed by atoms with E-state index in [-0.39, 0.29) is 18.3 Å². The molecule has 2 aromatic heterocycles. The maximum atomic E-state index is 10.9. The van der Waals surface area contributed by atoms with Gasteiger partial charge in [0, 0.05) is 0 Å². The van der Waals surface area contributed by atoms with Crippen LogP contribution in [0, 0.1) is 0 Å². The van der Waals surface area contributed by atoms with Crippen LogP contribution in [-0.4, -0.2) is 57.8 Å². The Bertz CT molecular complexity index is 801. The highest BCUT2D eigenvalue weighted by atomic mass is 31.8. The lowest BCUT2D eigenvalue weighted by atomic mass is 10.4. The van der Waals surface area contributed by atoms with Crippen LogP contribution in [0.4, 0.5) is 5.82 Å². The molecule has 0 saturated carbocycles. The third-order valence-corrected chi connectivity index (χ3v) is 4.31. The van der Waals surface area contributed by atoms with Crippen LogP contribution in [-0.2, 0) is 15.8 Å². The van der Waals surface area contributed by atoms with Crippen LogP contribution in [0.3, 0.4) is 0 Å². The Labute approximate surface area is 139 Å². The molecule has 0 unspecified atom stereocenters. The van der Waals surface area contributed by atoms with Crippen LogP contribution in [0.1, 0.15) is 6.92 Å². The van der Waals surface area contributed by atoms with Gasteiger partial charge in [-0.25, -0.2) is 15.0 Å². The highest BCUT2D eigenvalue weighted by Gasteiger charge is 2.17. The van der Waals surface area contributed by atoms with Crippen LogP contribution in [0.25, 0.3) is 11.2 Å². The standard InChI is InChI=1S/C10H18N5O6P3/c1-7(21-6-24(19,20)22)2-15-4-13-8-9(11-3-12-10(8)15)14-5-23(16,17)18/h3-4,7,19-20,22H,2,5-6H2,1H3,(H,11,12,14)(H2,16,17,18)/t7-/m1/s1. The van der Waals surface area contributed by atoms with Crippen molar-refractivity contribution in [3.05, 3.63) is 12.7 Å². The molecule has 0 aliphatic heterocycles. The Morgan fingerprint density at radius 2 is 2.04 bits per heavy atom. The molecule has 14 heteroatoms. The molecule has 0 aromatic carbocycles. The van der Waals surface area contributed by atoms with Crippen LogP contribution in [0.2, 0.25) is 0 Å². The first-order valence-corrected chi connectivity index (χ1v) is 11.7. The number of hydrogen-bond acceptors (Lipinski definition) is 6. The number of nitrogens with one attached hydrogen (secondary N) is 1.